The van der Waals surface area contributed by atoms with Crippen molar-refractivity contribution in [3.8, 4) is 5.75 Å². The smallest absolute Gasteiger partial charge is 0.267 e. The van der Waals surface area contributed by atoms with E-state index in [2.05, 4.69) is 0 Å². The summed E-state index contributed by atoms with van der Waals surface area (Å²) in [6.07, 6.45) is 1.35. The van der Waals surface area contributed by atoms with E-state index in [1.54, 1.807) is 36.1 Å². The molecule has 26 heavy (non-hydrogen) atoms. The Labute approximate surface area is 154 Å². The number of anilines is 2. The molecule has 0 spiro atoms. The van der Waals surface area contributed by atoms with Gasteiger partial charge in [-0.05, 0) is 49.2 Å². The number of benzene rings is 2. The van der Waals surface area contributed by atoms with Crippen LogP contribution < -0.4 is 13.9 Å². The van der Waals surface area contributed by atoms with Crippen LogP contribution in [-0.2, 0) is 21.2 Å². The molecule has 1 amide bonds. The predicted molar refractivity (Wildman–Crippen MR) is 102 cm³/mol. The number of amides is 1. The molecule has 0 saturated carbocycles. The Balaban J connectivity index is 1.69. The van der Waals surface area contributed by atoms with Gasteiger partial charge in [0.05, 0.1) is 11.9 Å². The zero-order valence-electron chi connectivity index (χ0n) is 15.0. The molecule has 0 radical (unpaired) electrons. The first-order valence-electron chi connectivity index (χ1n) is 8.37. The Hall–Kier alpha value is -2.54. The summed E-state index contributed by atoms with van der Waals surface area (Å²) < 4.78 is 30.1. The zero-order valence-corrected chi connectivity index (χ0v) is 15.9. The van der Waals surface area contributed by atoms with Crippen molar-refractivity contribution in [2.75, 3.05) is 29.1 Å². The topological polar surface area (TPSA) is 66.9 Å². The van der Waals surface area contributed by atoms with Crippen LogP contribution in [0.15, 0.2) is 48.5 Å². The lowest BCUT2D eigenvalue weighted by atomic mass is 10.2. The number of nitrogens with zero attached hydrogens (tertiary/aromatic N) is 2. The molecule has 0 fully saturated rings. The lowest BCUT2D eigenvalue weighted by molar-refractivity contribution is -0.124. The number of hydrogen-bond donors (Lipinski definition) is 0. The van der Waals surface area contributed by atoms with Gasteiger partial charge in [0.2, 0.25) is 10.0 Å². The maximum Gasteiger partial charge on any atom is 0.267 e. The second-order valence-corrected chi connectivity index (χ2v) is 8.37. The van der Waals surface area contributed by atoms with Crippen LogP contribution in [-0.4, -0.2) is 40.3 Å². The van der Waals surface area contributed by atoms with Gasteiger partial charge in [-0.3, -0.25) is 9.10 Å². The van der Waals surface area contributed by atoms with E-state index in [0.29, 0.717) is 18.0 Å². The Morgan fingerprint density at radius 3 is 2.46 bits per heavy atom. The number of sulfonamides is 1. The third kappa shape index (κ3) is 3.67. The standard InChI is InChI=1S/C19H22N2O4S/c1-14(19(22)21-13-12-15-6-4-5-7-18(15)21)25-17-10-8-16(9-11-17)20(2)26(3,23)24/h4-11,14H,12-13H2,1-3H3/t14-/m0/s1. The van der Waals surface area contributed by atoms with E-state index in [-0.39, 0.29) is 5.91 Å². The van der Waals surface area contributed by atoms with E-state index in [0.717, 1.165) is 18.4 Å². The van der Waals surface area contributed by atoms with Gasteiger partial charge in [-0.2, -0.15) is 0 Å². The molecule has 0 unspecified atom stereocenters. The fourth-order valence-corrected chi connectivity index (χ4v) is 3.47. The first-order chi connectivity index (χ1) is 12.3. The number of hydrogen-bond acceptors (Lipinski definition) is 4. The maximum atomic E-state index is 12.7. The lowest BCUT2D eigenvalue weighted by Crippen LogP contribution is -2.39. The highest BCUT2D eigenvalue weighted by molar-refractivity contribution is 7.92. The molecule has 1 aliphatic heterocycles. The van der Waals surface area contributed by atoms with Gasteiger partial charge >= 0.3 is 0 Å². The summed E-state index contributed by atoms with van der Waals surface area (Å²) >= 11 is 0. The molecule has 1 atom stereocenters. The van der Waals surface area contributed by atoms with Crippen LogP contribution >= 0.6 is 0 Å². The highest BCUT2D eigenvalue weighted by Crippen LogP contribution is 2.28. The van der Waals surface area contributed by atoms with Gasteiger partial charge in [-0.1, -0.05) is 18.2 Å². The quantitative estimate of drug-likeness (QED) is 0.806. The van der Waals surface area contributed by atoms with Crippen molar-refractivity contribution < 1.29 is 17.9 Å². The largest absolute Gasteiger partial charge is 0.481 e. The second-order valence-electron chi connectivity index (χ2n) is 6.35. The number of ether oxygens (including phenoxy) is 1. The number of rotatable bonds is 5. The van der Waals surface area contributed by atoms with E-state index >= 15 is 0 Å². The molecule has 0 aliphatic carbocycles. The summed E-state index contributed by atoms with van der Waals surface area (Å²) in [5.74, 6) is 0.427. The van der Waals surface area contributed by atoms with E-state index in [1.165, 1.54) is 16.9 Å². The fraction of sp³-hybridized carbons (Fsp3) is 0.316. The average Bonchev–Trinajstić information content (AvgIpc) is 3.04. The number of carbonyl (C=O) groups is 1. The number of carbonyl (C=O) groups excluding carboxylic acids is 1. The van der Waals surface area contributed by atoms with Gasteiger partial charge in [-0.15, -0.1) is 0 Å². The van der Waals surface area contributed by atoms with Gasteiger partial charge in [-0.25, -0.2) is 8.42 Å². The minimum absolute atomic E-state index is 0.0905. The van der Waals surface area contributed by atoms with Crippen molar-refractivity contribution in [3.05, 3.63) is 54.1 Å². The molecule has 1 aliphatic rings. The summed E-state index contributed by atoms with van der Waals surface area (Å²) in [4.78, 5) is 14.5. The van der Waals surface area contributed by atoms with Crippen LogP contribution in [0.5, 0.6) is 5.75 Å². The SMILES string of the molecule is C[C@H](Oc1ccc(N(C)S(C)(=O)=O)cc1)C(=O)N1CCc2ccccc21. The van der Waals surface area contributed by atoms with Crippen molar-refractivity contribution in [1.82, 2.24) is 0 Å². The molecule has 0 aromatic heterocycles. The van der Waals surface area contributed by atoms with Gasteiger partial charge in [0.25, 0.3) is 5.91 Å². The van der Waals surface area contributed by atoms with Crippen molar-refractivity contribution in [2.24, 2.45) is 0 Å². The summed E-state index contributed by atoms with van der Waals surface area (Å²) in [7, 11) is -1.82. The van der Waals surface area contributed by atoms with Gasteiger partial charge in [0.1, 0.15) is 5.75 Å². The number of fused-ring (bicyclic) bond motifs is 1. The second kappa shape index (κ2) is 6.99. The molecule has 7 heteroatoms. The Bertz CT molecular complexity index is 909. The molecular weight excluding hydrogens is 352 g/mol. The first kappa shape index (κ1) is 18.3. The van der Waals surface area contributed by atoms with E-state index in [1.807, 2.05) is 24.3 Å². The highest BCUT2D eigenvalue weighted by atomic mass is 32.2. The first-order valence-corrected chi connectivity index (χ1v) is 10.2. The van der Waals surface area contributed by atoms with Gasteiger partial charge in [0.15, 0.2) is 6.10 Å². The molecule has 1 heterocycles. The summed E-state index contributed by atoms with van der Waals surface area (Å²) in [5.41, 5.74) is 2.64. The Morgan fingerprint density at radius 1 is 1.15 bits per heavy atom. The van der Waals surface area contributed by atoms with E-state index < -0.39 is 16.1 Å². The van der Waals surface area contributed by atoms with Crippen LogP contribution in [0.3, 0.4) is 0 Å². The molecule has 0 saturated heterocycles. The van der Waals surface area contributed by atoms with Crippen molar-refractivity contribution >= 4 is 27.3 Å². The van der Waals surface area contributed by atoms with E-state index in [4.69, 9.17) is 4.74 Å². The van der Waals surface area contributed by atoms with Crippen molar-refractivity contribution in [3.63, 3.8) is 0 Å². The molecule has 0 bridgehead atoms. The highest BCUT2D eigenvalue weighted by Gasteiger charge is 2.28. The monoisotopic (exact) mass is 374 g/mol. The van der Waals surface area contributed by atoms with E-state index in [9.17, 15) is 13.2 Å². The lowest BCUT2D eigenvalue weighted by Gasteiger charge is -2.23. The molecule has 6 nitrogen and oxygen atoms in total. The third-order valence-electron chi connectivity index (χ3n) is 4.51. The van der Waals surface area contributed by atoms with Crippen LogP contribution in [0.2, 0.25) is 0 Å². The van der Waals surface area contributed by atoms with Crippen molar-refractivity contribution in [1.29, 1.82) is 0 Å². The number of para-hydroxylation sites is 1. The van der Waals surface area contributed by atoms with Crippen molar-refractivity contribution in [2.45, 2.75) is 19.4 Å². The van der Waals surface area contributed by atoms with Crippen LogP contribution in [0.1, 0.15) is 12.5 Å². The summed E-state index contributed by atoms with van der Waals surface area (Å²) in [6, 6.07) is 14.5. The normalized spacial score (nSPS) is 14.7. The average molecular weight is 374 g/mol. The summed E-state index contributed by atoms with van der Waals surface area (Å²) in [5, 5.41) is 0. The molecular formula is C19H22N2O4S. The molecule has 0 N–H and O–H groups in total. The van der Waals surface area contributed by atoms with Gasteiger partial charge in [0, 0.05) is 19.3 Å². The minimum atomic E-state index is -3.31. The van der Waals surface area contributed by atoms with Crippen LogP contribution in [0.25, 0.3) is 0 Å². The zero-order chi connectivity index (χ0) is 18.9. The predicted octanol–water partition coefficient (Wildman–Crippen LogP) is 2.44. The Kier molecular flexibility index (Phi) is 4.91. The van der Waals surface area contributed by atoms with Crippen LogP contribution in [0, 0.1) is 0 Å². The third-order valence-corrected chi connectivity index (χ3v) is 5.72. The molecule has 2 aromatic carbocycles. The van der Waals surface area contributed by atoms with Crippen LogP contribution in [0.4, 0.5) is 11.4 Å². The Morgan fingerprint density at radius 2 is 1.81 bits per heavy atom. The molecule has 138 valence electrons. The maximum absolute atomic E-state index is 12.7. The summed E-state index contributed by atoms with van der Waals surface area (Å²) in [6.45, 7) is 2.38. The molecule has 2 aromatic rings. The van der Waals surface area contributed by atoms with Gasteiger partial charge < -0.3 is 9.64 Å². The fourth-order valence-electron chi connectivity index (χ4n) is 2.97. The minimum Gasteiger partial charge on any atom is -0.481 e. The molecule has 3 rings (SSSR count).